The van der Waals surface area contributed by atoms with Crippen molar-refractivity contribution in [3.05, 3.63) is 30.1 Å². The molecule has 80 valence electrons. The van der Waals surface area contributed by atoms with Gasteiger partial charge in [-0.3, -0.25) is 4.68 Å². The lowest BCUT2D eigenvalue weighted by atomic mass is 10.4. The summed E-state index contributed by atoms with van der Waals surface area (Å²) in [5, 5.41) is 11.9. The number of aromatic nitrogens is 5. The molecule has 0 fully saturated rings. The molecule has 0 N–H and O–H groups in total. The zero-order valence-corrected chi connectivity index (χ0v) is 9.22. The van der Waals surface area contributed by atoms with Crippen LogP contribution >= 0.6 is 11.6 Å². The molecule has 0 aliphatic heterocycles. The van der Waals surface area contributed by atoms with Crippen molar-refractivity contribution in [3.63, 3.8) is 0 Å². The second-order valence-electron chi connectivity index (χ2n) is 3.35. The lowest BCUT2D eigenvalue weighted by Gasteiger charge is -2.04. The van der Waals surface area contributed by atoms with Crippen molar-refractivity contribution in [1.29, 1.82) is 0 Å². The number of halogens is 1. The van der Waals surface area contributed by atoms with E-state index >= 15 is 0 Å². The van der Waals surface area contributed by atoms with Crippen LogP contribution in [-0.4, -0.2) is 24.5 Å². The molecule has 0 radical (unpaired) electrons. The fourth-order valence-corrected chi connectivity index (χ4v) is 1.58. The quantitative estimate of drug-likeness (QED) is 0.736. The summed E-state index contributed by atoms with van der Waals surface area (Å²) >= 11 is 5.71. The van der Waals surface area contributed by atoms with Gasteiger partial charge < -0.3 is 4.57 Å². The van der Waals surface area contributed by atoms with Crippen LogP contribution < -0.4 is 0 Å². The Kier molecular flexibility index (Phi) is 3.01. The number of rotatable bonds is 4. The minimum absolute atomic E-state index is 0.387. The maximum atomic E-state index is 5.71. The zero-order chi connectivity index (χ0) is 10.7. The van der Waals surface area contributed by atoms with E-state index in [0.29, 0.717) is 5.88 Å². The summed E-state index contributed by atoms with van der Waals surface area (Å²) in [6, 6.07) is 0. The fraction of sp³-hybridized carbons (Fsp3) is 0.444. The summed E-state index contributed by atoms with van der Waals surface area (Å²) in [7, 11) is 0. The number of nitrogens with zero attached hydrogens (tertiary/aromatic N) is 5. The second-order valence-corrected chi connectivity index (χ2v) is 3.62. The fourth-order valence-electron chi connectivity index (χ4n) is 1.37. The molecule has 0 amide bonds. The highest BCUT2D eigenvalue weighted by Crippen LogP contribution is 2.01. The Balaban J connectivity index is 1.98. The molecular formula is C9H12ClN5. The molecule has 0 saturated carbocycles. The van der Waals surface area contributed by atoms with Gasteiger partial charge in [0.15, 0.2) is 0 Å². The summed E-state index contributed by atoms with van der Waals surface area (Å²) in [6.07, 6.45) is 5.54. The summed E-state index contributed by atoms with van der Waals surface area (Å²) in [6.45, 7) is 3.61. The lowest BCUT2D eigenvalue weighted by molar-refractivity contribution is 0.524. The standard InChI is InChI=1S/C9H12ClN5/c1-8-5-12-15(6-8)3-2-14-7-11-13-9(14)4-10/h5-7H,2-4H2,1H3. The molecule has 6 heteroatoms. The van der Waals surface area contributed by atoms with E-state index in [1.54, 1.807) is 6.33 Å². The molecule has 2 heterocycles. The molecule has 15 heavy (non-hydrogen) atoms. The van der Waals surface area contributed by atoms with E-state index in [9.17, 15) is 0 Å². The summed E-state index contributed by atoms with van der Waals surface area (Å²) in [5.74, 6) is 1.18. The average molecular weight is 226 g/mol. The Morgan fingerprint density at radius 1 is 1.40 bits per heavy atom. The number of aryl methyl sites for hydroxylation is 3. The van der Waals surface area contributed by atoms with Gasteiger partial charge in [-0.1, -0.05) is 0 Å². The highest BCUT2D eigenvalue weighted by atomic mass is 35.5. The van der Waals surface area contributed by atoms with Crippen molar-refractivity contribution in [2.75, 3.05) is 0 Å². The monoisotopic (exact) mass is 225 g/mol. The Morgan fingerprint density at radius 3 is 2.93 bits per heavy atom. The predicted octanol–water partition coefficient (Wildman–Crippen LogP) is 1.22. The molecule has 0 aliphatic rings. The molecule has 0 saturated heterocycles. The van der Waals surface area contributed by atoms with Gasteiger partial charge in [0, 0.05) is 12.7 Å². The molecule has 0 aromatic carbocycles. The molecule has 5 nitrogen and oxygen atoms in total. The molecule has 0 aliphatic carbocycles. The van der Waals surface area contributed by atoms with E-state index in [2.05, 4.69) is 15.3 Å². The van der Waals surface area contributed by atoms with Crippen LogP contribution in [0.25, 0.3) is 0 Å². The van der Waals surface area contributed by atoms with Crippen LogP contribution in [0.15, 0.2) is 18.7 Å². The van der Waals surface area contributed by atoms with E-state index in [-0.39, 0.29) is 0 Å². The van der Waals surface area contributed by atoms with Crippen molar-refractivity contribution < 1.29 is 0 Å². The van der Waals surface area contributed by atoms with E-state index in [4.69, 9.17) is 11.6 Å². The van der Waals surface area contributed by atoms with Gasteiger partial charge in [-0.15, -0.1) is 21.8 Å². The maximum absolute atomic E-state index is 5.71. The van der Waals surface area contributed by atoms with Crippen LogP contribution in [-0.2, 0) is 19.0 Å². The normalized spacial score (nSPS) is 10.8. The Bertz CT molecular complexity index is 433. The van der Waals surface area contributed by atoms with Crippen LogP contribution in [0.5, 0.6) is 0 Å². The van der Waals surface area contributed by atoms with Crippen LogP contribution in [0.4, 0.5) is 0 Å². The lowest BCUT2D eigenvalue weighted by Crippen LogP contribution is -2.09. The summed E-state index contributed by atoms with van der Waals surface area (Å²) in [5.41, 5.74) is 1.16. The molecule has 2 aromatic heterocycles. The highest BCUT2D eigenvalue weighted by molar-refractivity contribution is 6.16. The number of hydrogen-bond acceptors (Lipinski definition) is 3. The third-order valence-corrected chi connectivity index (χ3v) is 2.39. The Morgan fingerprint density at radius 2 is 2.27 bits per heavy atom. The Labute approximate surface area is 92.7 Å². The first kappa shape index (κ1) is 10.2. The van der Waals surface area contributed by atoms with E-state index < -0.39 is 0 Å². The van der Waals surface area contributed by atoms with Gasteiger partial charge in [0.25, 0.3) is 0 Å². The van der Waals surface area contributed by atoms with Gasteiger partial charge >= 0.3 is 0 Å². The van der Waals surface area contributed by atoms with E-state index in [1.807, 2.05) is 28.6 Å². The summed E-state index contributed by atoms with van der Waals surface area (Å²) < 4.78 is 3.83. The van der Waals surface area contributed by atoms with Gasteiger partial charge in [-0.05, 0) is 12.5 Å². The van der Waals surface area contributed by atoms with Crippen molar-refractivity contribution in [2.45, 2.75) is 25.9 Å². The first-order valence-electron chi connectivity index (χ1n) is 4.71. The first-order valence-corrected chi connectivity index (χ1v) is 5.25. The molecular weight excluding hydrogens is 214 g/mol. The first-order chi connectivity index (χ1) is 7.29. The predicted molar refractivity (Wildman–Crippen MR) is 56.5 cm³/mol. The number of hydrogen-bond donors (Lipinski definition) is 0. The van der Waals surface area contributed by atoms with Gasteiger partial charge in [-0.2, -0.15) is 5.10 Å². The van der Waals surface area contributed by atoms with Gasteiger partial charge in [0.2, 0.25) is 0 Å². The molecule has 2 aromatic rings. The molecule has 0 atom stereocenters. The van der Waals surface area contributed by atoms with Gasteiger partial charge in [-0.25, -0.2) is 0 Å². The average Bonchev–Trinajstić information content (AvgIpc) is 2.83. The van der Waals surface area contributed by atoms with E-state index in [1.165, 1.54) is 0 Å². The van der Waals surface area contributed by atoms with Crippen LogP contribution in [0.3, 0.4) is 0 Å². The third-order valence-electron chi connectivity index (χ3n) is 2.15. The molecule has 0 bridgehead atoms. The van der Waals surface area contributed by atoms with Crippen molar-refractivity contribution in [3.8, 4) is 0 Å². The topological polar surface area (TPSA) is 48.5 Å². The molecule has 2 rings (SSSR count). The number of alkyl halides is 1. The SMILES string of the molecule is Cc1cnn(CCn2cnnc2CCl)c1. The van der Waals surface area contributed by atoms with E-state index in [0.717, 1.165) is 24.5 Å². The zero-order valence-electron chi connectivity index (χ0n) is 8.47. The Hall–Kier alpha value is -1.36. The molecule has 0 unspecified atom stereocenters. The minimum Gasteiger partial charge on any atom is -0.315 e. The van der Waals surface area contributed by atoms with Crippen LogP contribution in [0, 0.1) is 6.92 Å². The summed E-state index contributed by atoms with van der Waals surface area (Å²) in [4.78, 5) is 0. The van der Waals surface area contributed by atoms with Crippen LogP contribution in [0.2, 0.25) is 0 Å². The molecule has 0 spiro atoms. The largest absolute Gasteiger partial charge is 0.315 e. The maximum Gasteiger partial charge on any atom is 0.147 e. The second kappa shape index (κ2) is 4.44. The van der Waals surface area contributed by atoms with Crippen molar-refractivity contribution in [1.82, 2.24) is 24.5 Å². The third kappa shape index (κ3) is 2.36. The van der Waals surface area contributed by atoms with Crippen LogP contribution in [0.1, 0.15) is 11.4 Å². The van der Waals surface area contributed by atoms with Crippen molar-refractivity contribution in [2.24, 2.45) is 0 Å². The highest BCUT2D eigenvalue weighted by Gasteiger charge is 2.02. The van der Waals surface area contributed by atoms with Gasteiger partial charge in [0.1, 0.15) is 12.2 Å². The smallest absolute Gasteiger partial charge is 0.147 e. The minimum atomic E-state index is 0.387. The van der Waals surface area contributed by atoms with Crippen molar-refractivity contribution >= 4 is 11.6 Å². The van der Waals surface area contributed by atoms with Gasteiger partial charge in [0.05, 0.1) is 18.6 Å².